The molecule has 0 heterocycles. The number of halogens is 1. The first-order valence-corrected chi connectivity index (χ1v) is 5.94. The van der Waals surface area contributed by atoms with E-state index in [0.717, 1.165) is 18.4 Å². The molecule has 0 bridgehead atoms. The molecule has 1 aliphatic rings. The summed E-state index contributed by atoms with van der Waals surface area (Å²) in [5.41, 5.74) is 7.07. The lowest BCUT2D eigenvalue weighted by Gasteiger charge is -2.13. The van der Waals surface area contributed by atoms with Gasteiger partial charge in [-0.15, -0.1) is 0 Å². The second-order valence-corrected chi connectivity index (χ2v) is 4.42. The van der Waals surface area contributed by atoms with Crippen LogP contribution in [0.25, 0.3) is 0 Å². The summed E-state index contributed by atoms with van der Waals surface area (Å²) in [4.78, 5) is 10.8. The lowest BCUT2D eigenvalue weighted by molar-refractivity contribution is -0.138. The molecule has 0 spiro atoms. The van der Waals surface area contributed by atoms with Gasteiger partial charge in [0.25, 0.3) is 0 Å². The molecule has 4 nitrogen and oxygen atoms in total. The maximum atomic E-state index is 12.1. The van der Waals surface area contributed by atoms with Gasteiger partial charge in [0.2, 0.25) is 0 Å². The van der Waals surface area contributed by atoms with Crippen molar-refractivity contribution in [3.8, 4) is 5.75 Å². The first-order valence-electron chi connectivity index (χ1n) is 5.94. The summed E-state index contributed by atoms with van der Waals surface area (Å²) in [5, 5.41) is 8.89. The maximum absolute atomic E-state index is 12.1. The second kappa shape index (κ2) is 5.35. The summed E-state index contributed by atoms with van der Waals surface area (Å²) in [6.07, 6.45) is 2.11. The van der Waals surface area contributed by atoms with Crippen molar-refractivity contribution < 1.29 is 19.0 Å². The van der Waals surface area contributed by atoms with Crippen molar-refractivity contribution in [2.45, 2.75) is 24.8 Å². The maximum Gasteiger partial charge on any atom is 0.325 e. The molecule has 1 aromatic carbocycles. The summed E-state index contributed by atoms with van der Waals surface area (Å²) in [5.74, 6) is -0.0359. The van der Waals surface area contributed by atoms with E-state index in [1.54, 1.807) is 18.2 Å². The van der Waals surface area contributed by atoms with Crippen LogP contribution in [0.2, 0.25) is 0 Å². The van der Waals surface area contributed by atoms with Gasteiger partial charge in [-0.1, -0.05) is 6.07 Å². The average molecular weight is 253 g/mol. The van der Waals surface area contributed by atoms with Crippen molar-refractivity contribution in [2.24, 2.45) is 5.73 Å². The summed E-state index contributed by atoms with van der Waals surface area (Å²) in [6, 6.07) is 4.04. The van der Waals surface area contributed by atoms with Gasteiger partial charge in [-0.05, 0) is 42.0 Å². The average Bonchev–Trinajstić information content (AvgIpc) is 3.19. The number of hydrogen-bond donors (Lipinski definition) is 2. The Balaban J connectivity index is 2.25. The number of carboxylic acid groups (broad SMARTS) is 1. The molecule has 1 atom stereocenters. The molecule has 1 saturated carbocycles. The van der Waals surface area contributed by atoms with Gasteiger partial charge in [0.1, 0.15) is 25.1 Å². The summed E-state index contributed by atoms with van der Waals surface area (Å²) in [7, 11) is 0. The van der Waals surface area contributed by atoms with Crippen LogP contribution in [0, 0.1) is 0 Å². The minimum Gasteiger partial charge on any atom is -0.491 e. The molecule has 1 fully saturated rings. The molecule has 3 N–H and O–H groups in total. The quantitative estimate of drug-likeness (QED) is 0.813. The highest BCUT2D eigenvalue weighted by Gasteiger charge is 2.28. The van der Waals surface area contributed by atoms with E-state index in [9.17, 15) is 9.18 Å². The van der Waals surface area contributed by atoms with Crippen LogP contribution in [-0.2, 0) is 4.79 Å². The molecule has 1 unspecified atom stereocenters. The van der Waals surface area contributed by atoms with Crippen LogP contribution in [0.15, 0.2) is 18.2 Å². The van der Waals surface area contributed by atoms with Crippen molar-refractivity contribution in [2.75, 3.05) is 13.3 Å². The first kappa shape index (κ1) is 12.8. The normalized spacial score (nSPS) is 16.3. The SMILES string of the molecule is NC(C(=O)O)c1ccc(OCCF)c(C2CC2)c1. The van der Waals surface area contributed by atoms with Gasteiger partial charge in [-0.3, -0.25) is 4.79 Å². The molecule has 0 amide bonds. The fraction of sp³-hybridized carbons (Fsp3) is 0.462. The van der Waals surface area contributed by atoms with Gasteiger partial charge >= 0.3 is 5.97 Å². The Bertz CT molecular complexity index is 446. The second-order valence-electron chi connectivity index (χ2n) is 4.42. The molecule has 98 valence electrons. The Labute approximate surface area is 105 Å². The lowest BCUT2D eigenvalue weighted by Crippen LogP contribution is -2.20. The Hall–Kier alpha value is -1.62. The molecule has 0 saturated heterocycles. The van der Waals surface area contributed by atoms with Gasteiger partial charge in [0.05, 0.1) is 0 Å². The van der Waals surface area contributed by atoms with Gasteiger partial charge in [-0.25, -0.2) is 4.39 Å². The van der Waals surface area contributed by atoms with Gasteiger partial charge in [0, 0.05) is 0 Å². The van der Waals surface area contributed by atoms with Crippen LogP contribution in [0.3, 0.4) is 0 Å². The lowest BCUT2D eigenvalue weighted by atomic mass is 10.0. The van der Waals surface area contributed by atoms with Crippen LogP contribution in [0.5, 0.6) is 5.75 Å². The van der Waals surface area contributed by atoms with Gasteiger partial charge < -0.3 is 15.6 Å². The van der Waals surface area contributed by atoms with E-state index in [-0.39, 0.29) is 6.61 Å². The van der Waals surface area contributed by atoms with E-state index in [1.807, 2.05) is 0 Å². The smallest absolute Gasteiger partial charge is 0.325 e. The Morgan fingerprint density at radius 2 is 2.28 bits per heavy atom. The van der Waals surface area contributed by atoms with E-state index in [0.29, 0.717) is 17.2 Å². The Morgan fingerprint density at radius 1 is 1.56 bits per heavy atom. The molecule has 0 aliphatic heterocycles. The number of rotatable bonds is 6. The molecule has 18 heavy (non-hydrogen) atoms. The zero-order chi connectivity index (χ0) is 13.1. The third-order valence-electron chi connectivity index (χ3n) is 3.01. The molecule has 5 heteroatoms. The van der Waals surface area contributed by atoms with Crippen LogP contribution in [0.1, 0.15) is 35.9 Å². The monoisotopic (exact) mass is 253 g/mol. The van der Waals surface area contributed by atoms with Crippen molar-refractivity contribution in [3.05, 3.63) is 29.3 Å². The molecule has 2 rings (SSSR count). The Morgan fingerprint density at radius 3 is 2.83 bits per heavy atom. The first-order chi connectivity index (χ1) is 8.63. The van der Waals surface area contributed by atoms with Crippen LogP contribution in [-0.4, -0.2) is 24.4 Å². The molecular formula is C13H16FNO3. The topological polar surface area (TPSA) is 72.6 Å². The highest BCUT2D eigenvalue weighted by Crippen LogP contribution is 2.45. The fourth-order valence-corrected chi connectivity index (χ4v) is 1.90. The van der Waals surface area contributed by atoms with Crippen LogP contribution >= 0.6 is 0 Å². The fourth-order valence-electron chi connectivity index (χ4n) is 1.90. The highest BCUT2D eigenvalue weighted by atomic mass is 19.1. The predicted octanol–water partition coefficient (Wildman–Crippen LogP) is 2.00. The number of hydrogen-bond acceptors (Lipinski definition) is 3. The number of nitrogens with two attached hydrogens (primary N) is 1. The van der Waals surface area contributed by atoms with E-state index in [1.165, 1.54) is 0 Å². The van der Waals surface area contributed by atoms with Crippen LogP contribution < -0.4 is 10.5 Å². The van der Waals surface area contributed by atoms with Crippen LogP contribution in [0.4, 0.5) is 4.39 Å². The predicted molar refractivity (Wildman–Crippen MR) is 64.5 cm³/mol. The third kappa shape index (κ3) is 2.79. The van der Waals surface area contributed by atoms with E-state index in [2.05, 4.69) is 0 Å². The summed E-state index contributed by atoms with van der Waals surface area (Å²) < 4.78 is 17.4. The van der Waals surface area contributed by atoms with E-state index in [4.69, 9.17) is 15.6 Å². The third-order valence-corrected chi connectivity index (χ3v) is 3.01. The van der Waals surface area contributed by atoms with E-state index >= 15 is 0 Å². The molecule has 0 radical (unpaired) electrons. The molecule has 1 aliphatic carbocycles. The highest BCUT2D eigenvalue weighted by molar-refractivity contribution is 5.75. The number of carboxylic acids is 1. The van der Waals surface area contributed by atoms with Gasteiger partial charge in [-0.2, -0.15) is 0 Å². The zero-order valence-electron chi connectivity index (χ0n) is 9.93. The largest absolute Gasteiger partial charge is 0.491 e. The van der Waals surface area contributed by atoms with Gasteiger partial charge in [0.15, 0.2) is 0 Å². The summed E-state index contributed by atoms with van der Waals surface area (Å²) in [6.45, 7) is -0.523. The number of carbonyl (C=O) groups is 1. The molecular weight excluding hydrogens is 237 g/mol. The zero-order valence-corrected chi connectivity index (χ0v) is 9.93. The van der Waals surface area contributed by atoms with Crippen molar-refractivity contribution in [1.82, 2.24) is 0 Å². The number of aliphatic carboxylic acids is 1. The van der Waals surface area contributed by atoms with Crippen molar-refractivity contribution in [3.63, 3.8) is 0 Å². The number of alkyl halides is 1. The van der Waals surface area contributed by atoms with Crippen molar-refractivity contribution >= 4 is 5.97 Å². The minimum absolute atomic E-state index is 0.0179. The van der Waals surface area contributed by atoms with E-state index < -0.39 is 18.7 Å². The Kier molecular flexibility index (Phi) is 3.81. The number of benzene rings is 1. The molecule has 0 aromatic heterocycles. The van der Waals surface area contributed by atoms with Crippen molar-refractivity contribution in [1.29, 1.82) is 0 Å². The number of ether oxygens (including phenoxy) is 1. The summed E-state index contributed by atoms with van der Waals surface area (Å²) >= 11 is 0. The standard InChI is InChI=1S/C13H16FNO3/c14-5-6-18-11-4-3-9(12(15)13(16)17)7-10(11)8-1-2-8/h3-4,7-8,12H,1-2,5-6,15H2,(H,16,17). The molecule has 1 aromatic rings. The minimum atomic E-state index is -1.06.